The number of aliphatic hydroxyl groups is 1. The van der Waals surface area contributed by atoms with Crippen molar-refractivity contribution in [3.05, 3.63) is 61.3 Å². The lowest BCUT2D eigenvalue weighted by Crippen LogP contribution is -2.46. The van der Waals surface area contributed by atoms with E-state index >= 15 is 0 Å². The van der Waals surface area contributed by atoms with Crippen molar-refractivity contribution in [1.29, 1.82) is 0 Å². The average Bonchev–Trinajstić information content (AvgIpc) is 3.66. The first-order valence-electron chi connectivity index (χ1n) is 41.1. The molecule has 542 valence electrons. The Kier molecular flexibility index (Phi) is 84.0. The molecule has 6 heteroatoms. The zero-order valence-corrected chi connectivity index (χ0v) is 65.2. The van der Waals surface area contributed by atoms with E-state index in [1.165, 1.54) is 348 Å². The van der Waals surface area contributed by atoms with Crippen molar-refractivity contribution in [2.45, 2.75) is 384 Å². The van der Waals surface area contributed by atoms with Gasteiger partial charge in [-0.2, -0.15) is 12.6 Å². The Hall–Kier alpha value is -1.15. The maximum atomic E-state index is 10.8. The normalized spacial score (nSPS) is 14.5. The van der Waals surface area contributed by atoms with Gasteiger partial charge in [-0.15, -0.1) is 6.58 Å². The molecular formula is C85H170N4OS. The first kappa shape index (κ1) is 94.0. The predicted molar refractivity (Wildman–Crippen MR) is 422 cm³/mol. The molecule has 1 aliphatic rings. The van der Waals surface area contributed by atoms with Crippen molar-refractivity contribution < 1.29 is 5.11 Å². The van der Waals surface area contributed by atoms with Crippen LogP contribution in [0.5, 0.6) is 0 Å². The van der Waals surface area contributed by atoms with Crippen LogP contribution >= 0.6 is 12.6 Å². The fourth-order valence-corrected chi connectivity index (χ4v) is 12.9. The smallest absolute Gasteiger partial charge is 0.0667 e. The van der Waals surface area contributed by atoms with E-state index in [4.69, 9.17) is 0 Å². The molecule has 5 nitrogen and oxygen atoms in total. The molecule has 0 aliphatic carbocycles. The summed E-state index contributed by atoms with van der Waals surface area (Å²) in [6.07, 6.45) is 82.9. The SMILES string of the molecule is C=CCCCCN(CC(C)CCCCCCCCCCCC)CC(O)CCCCCCCCCCCC.CC.CCCC/C=C/C=C/CCCCCCC(C)CN(CCCS)CC(C)CCCCC/C=C/C=C/CCCCC.CCCCN1CCN(CCC)CC1. The summed E-state index contributed by atoms with van der Waals surface area (Å²) in [5, 5.41) is 10.8. The standard InChI is InChI=1S/C37H69NS.C35H71NO.C11H24N2.C2H6/c1-5-7-9-11-13-15-17-19-21-23-25-27-30-36(3)34-38(32-29-33-39)35-37(4)31-28-26-24-22-20-18-16-14-12-10-8-6-2;1-5-8-11-14-16-18-20-22-24-26-29-34(4)32-36(31-28-13-10-7-3)33-35(37)30-27-25-23-21-19-17-15-12-9-6-2;1-3-5-7-13-10-8-12(6-4-2)9-11-13;1-2/h11,13-18,20,36-37,39H,5-10,12,19,21-35H2,1-4H3;7,34-35,37H,3,5-6,8-33H2,1-2,4H3;3-11H2,1-2H3;1-2H3/b13-11+,16-14+,17-15+,20-18+;;;. The molecule has 1 N–H and O–H groups in total. The fraction of sp³-hybridized carbons (Fsp3) is 0.882. The lowest BCUT2D eigenvalue weighted by molar-refractivity contribution is 0.0931. The van der Waals surface area contributed by atoms with Gasteiger partial charge in [-0.05, 0) is 159 Å². The van der Waals surface area contributed by atoms with Gasteiger partial charge in [0, 0.05) is 52.4 Å². The monoisotopic (exact) mass is 1300 g/mol. The molecule has 1 heterocycles. The van der Waals surface area contributed by atoms with Crippen molar-refractivity contribution in [2.24, 2.45) is 17.8 Å². The number of hydrogen-bond donors (Lipinski definition) is 2. The van der Waals surface area contributed by atoms with Gasteiger partial charge in [-0.25, -0.2) is 0 Å². The number of unbranched alkanes of at least 4 members (excludes halogenated alkanes) is 33. The Morgan fingerprint density at radius 2 is 0.659 bits per heavy atom. The lowest BCUT2D eigenvalue weighted by Gasteiger charge is -2.34. The topological polar surface area (TPSA) is 33.2 Å². The van der Waals surface area contributed by atoms with Gasteiger partial charge in [-0.3, -0.25) is 0 Å². The van der Waals surface area contributed by atoms with Crippen LogP contribution in [0.4, 0.5) is 0 Å². The van der Waals surface area contributed by atoms with E-state index in [1.54, 1.807) is 0 Å². The number of aliphatic hydroxyl groups excluding tert-OH is 1. The van der Waals surface area contributed by atoms with Gasteiger partial charge in [0.1, 0.15) is 0 Å². The van der Waals surface area contributed by atoms with Crippen molar-refractivity contribution in [3.63, 3.8) is 0 Å². The number of nitrogens with zero attached hydrogens (tertiary/aromatic N) is 4. The van der Waals surface area contributed by atoms with Crippen LogP contribution in [0.15, 0.2) is 61.3 Å². The predicted octanol–water partition coefficient (Wildman–Crippen LogP) is 26.3. The molecule has 4 unspecified atom stereocenters. The Morgan fingerprint density at radius 1 is 0.352 bits per heavy atom. The van der Waals surface area contributed by atoms with Gasteiger partial charge in [-0.1, -0.05) is 323 Å². The third kappa shape index (κ3) is 76.1. The summed E-state index contributed by atoms with van der Waals surface area (Å²) in [4.78, 5) is 10.5. The van der Waals surface area contributed by atoms with E-state index in [1.807, 2.05) is 19.9 Å². The summed E-state index contributed by atoms with van der Waals surface area (Å²) in [6, 6.07) is 0. The summed E-state index contributed by atoms with van der Waals surface area (Å²) in [7, 11) is 0. The quantitative estimate of drug-likeness (QED) is 0.0275. The summed E-state index contributed by atoms with van der Waals surface area (Å²) in [5.74, 6) is 3.34. The minimum atomic E-state index is -0.155. The van der Waals surface area contributed by atoms with Crippen molar-refractivity contribution in [1.82, 2.24) is 19.6 Å². The molecule has 1 aliphatic heterocycles. The Bertz CT molecular complexity index is 1420. The maximum Gasteiger partial charge on any atom is 0.0667 e. The molecule has 1 rings (SSSR count). The second-order valence-corrected chi connectivity index (χ2v) is 28.8. The summed E-state index contributed by atoms with van der Waals surface area (Å²) in [6.45, 7) is 43.6. The first-order chi connectivity index (χ1) is 44.6. The van der Waals surface area contributed by atoms with Crippen LogP contribution in [-0.2, 0) is 0 Å². The highest BCUT2D eigenvalue weighted by molar-refractivity contribution is 7.80. The number of piperazine rings is 1. The van der Waals surface area contributed by atoms with E-state index in [0.717, 1.165) is 56.0 Å². The second-order valence-electron chi connectivity index (χ2n) is 28.3. The van der Waals surface area contributed by atoms with E-state index in [-0.39, 0.29) is 6.10 Å². The summed E-state index contributed by atoms with van der Waals surface area (Å²) in [5.41, 5.74) is 0. The van der Waals surface area contributed by atoms with Crippen molar-refractivity contribution in [3.8, 4) is 0 Å². The second kappa shape index (κ2) is 81.3. The highest BCUT2D eigenvalue weighted by Gasteiger charge is 2.17. The summed E-state index contributed by atoms with van der Waals surface area (Å²) < 4.78 is 0. The van der Waals surface area contributed by atoms with E-state index in [2.05, 4.69) is 150 Å². The lowest BCUT2D eigenvalue weighted by atomic mass is 9.99. The zero-order chi connectivity index (χ0) is 67.4. The minimum Gasteiger partial charge on any atom is -0.392 e. The maximum absolute atomic E-state index is 10.8. The third-order valence-corrected chi connectivity index (χ3v) is 18.9. The molecule has 0 radical (unpaired) electrons. The van der Waals surface area contributed by atoms with Crippen LogP contribution in [0.3, 0.4) is 0 Å². The first-order valence-corrected chi connectivity index (χ1v) is 41.7. The summed E-state index contributed by atoms with van der Waals surface area (Å²) >= 11 is 4.49. The van der Waals surface area contributed by atoms with Crippen LogP contribution < -0.4 is 0 Å². The largest absolute Gasteiger partial charge is 0.392 e. The Morgan fingerprint density at radius 3 is 1.05 bits per heavy atom. The van der Waals surface area contributed by atoms with Crippen molar-refractivity contribution in [2.75, 3.05) is 84.3 Å². The molecule has 0 aromatic heterocycles. The van der Waals surface area contributed by atoms with Gasteiger partial charge < -0.3 is 24.7 Å². The average molecular weight is 1300 g/mol. The number of rotatable bonds is 65. The Labute approximate surface area is 581 Å². The van der Waals surface area contributed by atoms with E-state index in [0.29, 0.717) is 0 Å². The van der Waals surface area contributed by atoms with Gasteiger partial charge in [0.05, 0.1) is 6.10 Å². The fourth-order valence-electron chi connectivity index (χ4n) is 12.8. The highest BCUT2D eigenvalue weighted by Crippen LogP contribution is 2.20. The highest BCUT2D eigenvalue weighted by atomic mass is 32.1. The van der Waals surface area contributed by atoms with Crippen LogP contribution in [-0.4, -0.2) is 115 Å². The van der Waals surface area contributed by atoms with Gasteiger partial charge >= 0.3 is 0 Å². The number of thiol groups is 1. The molecule has 4 atom stereocenters. The van der Waals surface area contributed by atoms with Gasteiger partial charge in [0.15, 0.2) is 0 Å². The zero-order valence-electron chi connectivity index (χ0n) is 64.3. The third-order valence-electron chi connectivity index (χ3n) is 18.6. The van der Waals surface area contributed by atoms with E-state index < -0.39 is 0 Å². The molecule has 0 spiro atoms. The molecule has 91 heavy (non-hydrogen) atoms. The van der Waals surface area contributed by atoms with Crippen LogP contribution in [0.1, 0.15) is 378 Å². The number of hydrogen-bond acceptors (Lipinski definition) is 6. The molecule has 0 aromatic rings. The molecule has 1 saturated heterocycles. The van der Waals surface area contributed by atoms with Crippen molar-refractivity contribution >= 4 is 12.6 Å². The van der Waals surface area contributed by atoms with Crippen LogP contribution in [0.25, 0.3) is 0 Å². The molecular weight excluding hydrogens is 1130 g/mol. The molecule has 0 amide bonds. The Balaban J connectivity index is -0.00000139. The molecule has 0 saturated carbocycles. The van der Waals surface area contributed by atoms with Gasteiger partial charge in [0.25, 0.3) is 0 Å². The van der Waals surface area contributed by atoms with Crippen LogP contribution in [0, 0.1) is 17.8 Å². The van der Waals surface area contributed by atoms with E-state index in [9.17, 15) is 5.11 Å². The molecule has 0 bridgehead atoms. The minimum absolute atomic E-state index is 0.155. The molecule has 0 aromatic carbocycles. The van der Waals surface area contributed by atoms with Gasteiger partial charge in [0.2, 0.25) is 0 Å². The molecule has 1 fully saturated rings. The van der Waals surface area contributed by atoms with Crippen LogP contribution in [0.2, 0.25) is 0 Å². The number of allylic oxidation sites excluding steroid dienone is 9.